The number of hydrogen-bond donors (Lipinski definition) is 3. The van der Waals surface area contributed by atoms with Crippen molar-refractivity contribution in [3.63, 3.8) is 0 Å². The van der Waals surface area contributed by atoms with Gasteiger partial charge in [-0.3, -0.25) is 10.1 Å². The molecule has 3 N–H and O–H groups in total. The molecule has 1 saturated heterocycles. The van der Waals surface area contributed by atoms with Crippen LogP contribution < -0.4 is 10.6 Å². The number of rotatable bonds is 5. The molecule has 3 aromatic rings. The number of aromatic nitrogens is 2. The lowest BCUT2D eigenvalue weighted by Gasteiger charge is -2.35. The van der Waals surface area contributed by atoms with Gasteiger partial charge in [0.2, 0.25) is 5.91 Å². The number of likely N-dealkylation sites (tertiary alicyclic amines) is 1. The molecule has 1 fully saturated rings. The zero-order chi connectivity index (χ0) is 27.7. The first-order valence-corrected chi connectivity index (χ1v) is 13.3. The van der Waals surface area contributed by atoms with E-state index in [2.05, 4.69) is 10.6 Å². The normalized spacial score (nSPS) is 15.3. The van der Waals surface area contributed by atoms with E-state index in [1.165, 1.54) is 0 Å². The van der Waals surface area contributed by atoms with Crippen LogP contribution in [-0.2, 0) is 16.6 Å². The lowest BCUT2D eigenvalue weighted by atomic mass is 9.92. The summed E-state index contributed by atoms with van der Waals surface area (Å²) in [6, 6.07) is 13.9. The third kappa shape index (κ3) is 6.67. The number of halogens is 2. The highest BCUT2D eigenvalue weighted by molar-refractivity contribution is 6.44. The first-order chi connectivity index (χ1) is 17.8. The smallest absolute Gasteiger partial charge is 0.324 e. The zero-order valence-electron chi connectivity index (χ0n) is 22.0. The summed E-state index contributed by atoms with van der Waals surface area (Å²) in [5, 5.41) is 21.1. The number of urea groups is 1. The van der Waals surface area contributed by atoms with Crippen LogP contribution in [0.4, 0.5) is 16.3 Å². The minimum absolute atomic E-state index is 0.0426. The number of anilines is 2. The van der Waals surface area contributed by atoms with Gasteiger partial charge in [-0.2, -0.15) is 5.10 Å². The molecule has 0 atom stereocenters. The summed E-state index contributed by atoms with van der Waals surface area (Å²) in [4.78, 5) is 27.4. The molecule has 1 aromatic heterocycles. The highest BCUT2D eigenvalue weighted by atomic mass is 35.5. The fourth-order valence-electron chi connectivity index (χ4n) is 4.18. The standard InChI is InChI=1S/C28H33Cl2N5O3/c1-27(2,3)22-17-23(32-26(37)31-21-7-5-6-20(29)25(21)30)35(33-22)19-10-8-18(9-11-19)16-24(36)34-14-12-28(4,38)13-15-34/h5-11,17,38H,12-16H2,1-4H3,(H2,31,32,37). The summed E-state index contributed by atoms with van der Waals surface area (Å²) in [6.45, 7) is 9.07. The zero-order valence-corrected chi connectivity index (χ0v) is 23.5. The second kappa shape index (κ2) is 11.0. The molecule has 1 aliphatic rings. The van der Waals surface area contributed by atoms with Crippen LogP contribution in [0.25, 0.3) is 5.69 Å². The summed E-state index contributed by atoms with van der Waals surface area (Å²) in [6.07, 6.45) is 1.45. The SMILES string of the molecule is CC1(O)CCN(C(=O)Cc2ccc(-n3nc(C(C)(C)C)cc3NC(=O)Nc3cccc(Cl)c3Cl)cc2)CC1. The molecule has 1 aliphatic heterocycles. The first kappa shape index (κ1) is 28.0. The van der Waals surface area contributed by atoms with Crippen molar-refractivity contribution >= 4 is 46.6 Å². The fraction of sp³-hybridized carbons (Fsp3) is 0.393. The Bertz CT molecular complexity index is 1320. The van der Waals surface area contributed by atoms with Crippen molar-refractivity contribution in [3.8, 4) is 5.69 Å². The van der Waals surface area contributed by atoms with Crippen LogP contribution in [-0.4, -0.2) is 50.4 Å². The number of benzene rings is 2. The molecule has 0 unspecified atom stereocenters. The summed E-state index contributed by atoms with van der Waals surface area (Å²) in [5.41, 5.74) is 1.86. The molecule has 2 heterocycles. The van der Waals surface area contributed by atoms with Gasteiger partial charge in [-0.1, -0.05) is 62.2 Å². The van der Waals surface area contributed by atoms with Gasteiger partial charge < -0.3 is 15.3 Å². The van der Waals surface area contributed by atoms with Crippen LogP contribution in [0.15, 0.2) is 48.5 Å². The quantitative estimate of drug-likeness (QED) is 0.356. The minimum Gasteiger partial charge on any atom is -0.390 e. The second-order valence-corrected chi connectivity index (χ2v) is 11.8. The fourth-order valence-corrected chi connectivity index (χ4v) is 4.53. The van der Waals surface area contributed by atoms with Crippen LogP contribution in [0.2, 0.25) is 10.0 Å². The minimum atomic E-state index is -0.697. The van der Waals surface area contributed by atoms with Crippen molar-refractivity contribution in [2.45, 2.75) is 58.0 Å². The number of carbonyl (C=O) groups excluding carboxylic acids is 2. The van der Waals surface area contributed by atoms with E-state index in [0.717, 1.165) is 16.9 Å². The Morgan fingerprint density at radius 3 is 2.34 bits per heavy atom. The Morgan fingerprint density at radius 1 is 1.05 bits per heavy atom. The van der Waals surface area contributed by atoms with Gasteiger partial charge in [0.25, 0.3) is 0 Å². The van der Waals surface area contributed by atoms with Gasteiger partial charge in [-0.15, -0.1) is 0 Å². The van der Waals surface area contributed by atoms with Crippen LogP contribution in [0.5, 0.6) is 0 Å². The van der Waals surface area contributed by atoms with Gasteiger partial charge in [0, 0.05) is 24.6 Å². The van der Waals surface area contributed by atoms with E-state index in [0.29, 0.717) is 42.5 Å². The summed E-state index contributed by atoms with van der Waals surface area (Å²) in [7, 11) is 0. The van der Waals surface area contributed by atoms with E-state index < -0.39 is 11.6 Å². The first-order valence-electron chi connectivity index (χ1n) is 12.5. The molecule has 0 radical (unpaired) electrons. The summed E-state index contributed by atoms with van der Waals surface area (Å²) >= 11 is 12.3. The van der Waals surface area contributed by atoms with E-state index >= 15 is 0 Å². The molecule has 202 valence electrons. The van der Waals surface area contributed by atoms with Crippen molar-refractivity contribution in [1.82, 2.24) is 14.7 Å². The summed E-state index contributed by atoms with van der Waals surface area (Å²) in [5.74, 6) is 0.524. The molecule has 0 aliphatic carbocycles. The molecule has 3 amide bonds. The predicted octanol–water partition coefficient (Wildman–Crippen LogP) is 6.04. The van der Waals surface area contributed by atoms with Gasteiger partial charge >= 0.3 is 6.03 Å². The van der Waals surface area contributed by atoms with E-state index in [-0.39, 0.29) is 22.8 Å². The third-order valence-corrected chi connectivity index (χ3v) is 7.47. The number of hydrogen-bond acceptors (Lipinski definition) is 4. The lowest BCUT2D eigenvalue weighted by Crippen LogP contribution is -2.45. The van der Waals surface area contributed by atoms with Crippen molar-refractivity contribution in [2.75, 3.05) is 23.7 Å². The number of aliphatic hydroxyl groups is 1. The molecule has 2 aromatic carbocycles. The molecule has 0 bridgehead atoms. The number of carbonyl (C=O) groups is 2. The van der Waals surface area contributed by atoms with Crippen molar-refractivity contribution < 1.29 is 14.7 Å². The monoisotopic (exact) mass is 557 g/mol. The second-order valence-electron chi connectivity index (χ2n) is 11.0. The topological polar surface area (TPSA) is 99.5 Å². The van der Waals surface area contributed by atoms with Gasteiger partial charge in [-0.25, -0.2) is 9.48 Å². The van der Waals surface area contributed by atoms with Gasteiger partial charge in [-0.05, 0) is 49.6 Å². The predicted molar refractivity (Wildman–Crippen MR) is 152 cm³/mol. The van der Waals surface area contributed by atoms with Crippen molar-refractivity contribution in [2.24, 2.45) is 0 Å². The van der Waals surface area contributed by atoms with Crippen molar-refractivity contribution in [1.29, 1.82) is 0 Å². The molecule has 8 nitrogen and oxygen atoms in total. The molecular weight excluding hydrogens is 525 g/mol. The van der Waals surface area contributed by atoms with Crippen LogP contribution in [0.1, 0.15) is 51.8 Å². The Kier molecular flexibility index (Phi) is 8.06. The maximum atomic E-state index is 12.8. The van der Waals surface area contributed by atoms with E-state index in [1.54, 1.807) is 22.9 Å². The number of amides is 3. The highest BCUT2D eigenvalue weighted by Gasteiger charge is 2.29. The lowest BCUT2D eigenvalue weighted by molar-refractivity contribution is -0.134. The van der Waals surface area contributed by atoms with E-state index in [9.17, 15) is 14.7 Å². The van der Waals surface area contributed by atoms with E-state index in [1.807, 2.05) is 62.9 Å². The van der Waals surface area contributed by atoms with Crippen LogP contribution in [0, 0.1) is 0 Å². The maximum Gasteiger partial charge on any atom is 0.324 e. The molecule has 0 saturated carbocycles. The van der Waals surface area contributed by atoms with Gasteiger partial charge in [0.1, 0.15) is 5.82 Å². The number of piperidine rings is 1. The molecule has 38 heavy (non-hydrogen) atoms. The average Bonchev–Trinajstić information content (AvgIpc) is 3.26. The largest absolute Gasteiger partial charge is 0.390 e. The molecule has 4 rings (SSSR count). The van der Waals surface area contributed by atoms with Gasteiger partial charge in [0.15, 0.2) is 0 Å². The molecule has 0 spiro atoms. The molecular formula is C28H33Cl2N5O3. The highest BCUT2D eigenvalue weighted by Crippen LogP contribution is 2.30. The third-order valence-electron chi connectivity index (χ3n) is 6.65. The Morgan fingerprint density at radius 2 is 1.71 bits per heavy atom. The van der Waals surface area contributed by atoms with Crippen molar-refractivity contribution in [3.05, 3.63) is 69.8 Å². The number of nitrogens with zero attached hydrogens (tertiary/aromatic N) is 3. The molecule has 10 heteroatoms. The maximum absolute atomic E-state index is 12.8. The average molecular weight is 559 g/mol. The van der Waals surface area contributed by atoms with Crippen LogP contribution >= 0.6 is 23.2 Å². The Hall–Kier alpha value is -3.07. The van der Waals surface area contributed by atoms with E-state index in [4.69, 9.17) is 28.3 Å². The van der Waals surface area contributed by atoms with Gasteiger partial charge in [0.05, 0.1) is 39.1 Å². The Labute approximate surface area is 232 Å². The van der Waals surface area contributed by atoms with Crippen LogP contribution in [0.3, 0.4) is 0 Å². The summed E-state index contributed by atoms with van der Waals surface area (Å²) < 4.78 is 1.66. The number of nitrogens with one attached hydrogen (secondary N) is 2. The Balaban J connectivity index is 1.50.